The Balaban J connectivity index is 1.72. The highest BCUT2D eigenvalue weighted by Crippen LogP contribution is 2.38. The Morgan fingerprint density at radius 2 is 1.76 bits per heavy atom. The maximum atomic E-state index is 14.5. The maximum absolute atomic E-state index is 14.5. The highest BCUT2D eigenvalue weighted by atomic mass is 19.1. The highest BCUT2D eigenvalue weighted by molar-refractivity contribution is 6.01. The highest BCUT2D eigenvalue weighted by Gasteiger charge is 2.44. The Hall–Kier alpha value is -4.63. The summed E-state index contributed by atoms with van der Waals surface area (Å²) in [6.07, 6.45) is -0.502. The number of nitrogens with zero attached hydrogens (tertiary/aromatic N) is 2. The molecule has 4 rings (SSSR count). The summed E-state index contributed by atoms with van der Waals surface area (Å²) in [5.41, 5.74) is 5.92. The third kappa shape index (κ3) is 7.54. The lowest BCUT2D eigenvalue weighted by Gasteiger charge is -2.35. The van der Waals surface area contributed by atoms with Crippen LogP contribution in [0.5, 0.6) is 0 Å². The molecule has 6 N–H and O–H groups in total. The number of carbonyl (C=O) groups excluding carboxylic acids is 4. The number of nitrogens with one attached hydrogen (secondary N) is 3. The lowest BCUT2D eigenvalue weighted by molar-refractivity contribution is -0.144. The summed E-state index contributed by atoms with van der Waals surface area (Å²) in [6.45, 7) is 2.02. The number of benzene rings is 2. The molecule has 0 bridgehead atoms. The fraction of sp³-hybridized carbons (Fsp3) is 0.433. The van der Waals surface area contributed by atoms with Crippen LogP contribution in [0.15, 0.2) is 36.4 Å². The lowest BCUT2D eigenvalue weighted by atomic mass is 9.90. The minimum atomic E-state index is -1.41. The van der Waals surface area contributed by atoms with Gasteiger partial charge >= 0.3 is 6.09 Å². The second-order valence-electron chi connectivity index (χ2n) is 11.0. The number of halogens is 2. The zero-order valence-electron chi connectivity index (χ0n) is 24.8. The number of carboxylic acid groups (broad SMARTS) is 1. The van der Waals surface area contributed by atoms with E-state index in [4.69, 9.17) is 10.5 Å². The molecule has 1 fully saturated rings. The van der Waals surface area contributed by atoms with Crippen LogP contribution < -0.4 is 21.7 Å². The van der Waals surface area contributed by atoms with Crippen molar-refractivity contribution in [2.75, 3.05) is 37.4 Å². The quantitative estimate of drug-likeness (QED) is 0.265. The first-order chi connectivity index (χ1) is 21.4. The molecule has 1 unspecified atom stereocenters. The van der Waals surface area contributed by atoms with Crippen LogP contribution in [0, 0.1) is 17.6 Å². The molecule has 5 amide bonds. The van der Waals surface area contributed by atoms with E-state index in [1.54, 1.807) is 12.1 Å². The van der Waals surface area contributed by atoms with Crippen molar-refractivity contribution < 1.29 is 42.6 Å². The number of fused-ring (bicyclic) bond motifs is 1. The number of likely N-dealkylation sites (N-methyl/N-ethyl adjacent to an activating group) is 1. The van der Waals surface area contributed by atoms with E-state index in [9.17, 15) is 37.9 Å². The molecule has 0 aromatic heterocycles. The molecule has 0 aliphatic carbocycles. The van der Waals surface area contributed by atoms with Crippen molar-refractivity contribution in [2.24, 2.45) is 11.7 Å². The van der Waals surface area contributed by atoms with E-state index in [2.05, 4.69) is 16.0 Å². The van der Waals surface area contributed by atoms with Crippen LogP contribution in [0.25, 0.3) is 0 Å². The van der Waals surface area contributed by atoms with Gasteiger partial charge in [-0.2, -0.15) is 0 Å². The van der Waals surface area contributed by atoms with Crippen LogP contribution in [-0.4, -0.2) is 83.5 Å². The summed E-state index contributed by atoms with van der Waals surface area (Å²) in [7, 11) is 1.22. The van der Waals surface area contributed by atoms with Crippen molar-refractivity contribution in [1.82, 2.24) is 15.1 Å². The number of nitrogens with two attached hydrogens (primary N) is 1. The van der Waals surface area contributed by atoms with Gasteiger partial charge in [-0.1, -0.05) is 12.1 Å². The van der Waals surface area contributed by atoms with E-state index < -0.39 is 65.2 Å². The van der Waals surface area contributed by atoms with Gasteiger partial charge < -0.3 is 36.4 Å². The molecule has 3 atom stereocenters. The van der Waals surface area contributed by atoms with E-state index in [-0.39, 0.29) is 25.4 Å². The number of para-hydroxylation sites is 1. The van der Waals surface area contributed by atoms with Gasteiger partial charge in [0, 0.05) is 45.5 Å². The predicted molar refractivity (Wildman–Crippen MR) is 158 cm³/mol. The fourth-order valence-corrected chi connectivity index (χ4v) is 5.39. The molecular weight excluding hydrogens is 594 g/mol. The summed E-state index contributed by atoms with van der Waals surface area (Å²) >= 11 is 0. The standard InChI is InChI=1S/C30H36F2N6O7/c1-16(37(2)30(43)44)27(40)35-24(17-9-12-45-13-10-17)29(42)38-15-18-6-7-19(34-23(39)8-11-33)14-20(18)26(38)28(41)36-25-21(31)4-3-5-22(25)32/h3-7,14,16-17,24,26H,8-13,15,33H2,1-2H3,(H,34,39)(H,35,40)(H,36,41)(H,43,44)/t16?,24-,26-/m0/s1. The smallest absolute Gasteiger partial charge is 0.407 e. The largest absolute Gasteiger partial charge is 0.465 e. The van der Waals surface area contributed by atoms with Crippen molar-refractivity contribution in [3.63, 3.8) is 0 Å². The first kappa shape index (κ1) is 33.3. The molecule has 2 aromatic rings. The number of hydrogen-bond donors (Lipinski definition) is 5. The van der Waals surface area contributed by atoms with Gasteiger partial charge in [-0.05, 0) is 61.1 Å². The first-order valence-electron chi connectivity index (χ1n) is 14.4. The third-order valence-corrected chi connectivity index (χ3v) is 8.05. The van der Waals surface area contributed by atoms with Gasteiger partial charge in [0.15, 0.2) is 0 Å². The Labute approximate surface area is 258 Å². The third-order valence-electron chi connectivity index (χ3n) is 8.05. The van der Waals surface area contributed by atoms with Crippen molar-refractivity contribution in [1.29, 1.82) is 0 Å². The topological polar surface area (TPSA) is 183 Å². The predicted octanol–water partition coefficient (Wildman–Crippen LogP) is 2.18. The summed E-state index contributed by atoms with van der Waals surface area (Å²) in [5, 5.41) is 17.0. The average molecular weight is 631 g/mol. The molecule has 2 heterocycles. The van der Waals surface area contributed by atoms with Crippen molar-refractivity contribution >= 4 is 41.1 Å². The second kappa shape index (κ2) is 14.4. The van der Waals surface area contributed by atoms with Crippen LogP contribution in [0.1, 0.15) is 43.4 Å². The van der Waals surface area contributed by atoms with Gasteiger partial charge in [-0.15, -0.1) is 0 Å². The Bertz CT molecular complexity index is 1450. The molecule has 2 aliphatic rings. The van der Waals surface area contributed by atoms with Gasteiger partial charge in [0.1, 0.15) is 35.4 Å². The molecule has 0 saturated carbocycles. The Kier molecular flexibility index (Phi) is 10.7. The molecule has 13 nitrogen and oxygen atoms in total. The molecule has 0 spiro atoms. The van der Waals surface area contributed by atoms with Gasteiger partial charge in [-0.25, -0.2) is 13.6 Å². The van der Waals surface area contributed by atoms with Crippen molar-refractivity contribution in [2.45, 2.75) is 50.9 Å². The molecule has 45 heavy (non-hydrogen) atoms. The molecular formula is C30H36F2N6O7. The molecule has 1 saturated heterocycles. The second-order valence-corrected chi connectivity index (χ2v) is 11.0. The van der Waals surface area contributed by atoms with Crippen LogP contribution in [0.3, 0.4) is 0 Å². The van der Waals surface area contributed by atoms with E-state index in [0.717, 1.165) is 23.1 Å². The normalized spacial score (nSPS) is 17.5. The van der Waals surface area contributed by atoms with Crippen LogP contribution in [-0.2, 0) is 30.5 Å². The molecule has 15 heteroatoms. The average Bonchev–Trinajstić information content (AvgIpc) is 3.40. The molecule has 0 radical (unpaired) electrons. The van der Waals surface area contributed by atoms with E-state index in [0.29, 0.717) is 42.9 Å². The zero-order valence-corrected chi connectivity index (χ0v) is 24.8. The van der Waals surface area contributed by atoms with Crippen molar-refractivity contribution in [3.05, 3.63) is 59.2 Å². The SMILES string of the molecule is CC(C(=O)N[C@H](C(=O)N1Cc2ccc(NC(=O)CCN)cc2[C@H]1C(=O)Nc1c(F)cccc1F)C1CCOCC1)N(C)C(=O)O. The Morgan fingerprint density at radius 3 is 2.38 bits per heavy atom. The molecule has 242 valence electrons. The first-order valence-corrected chi connectivity index (χ1v) is 14.4. The number of ether oxygens (including phenoxy) is 1. The Morgan fingerprint density at radius 1 is 1.09 bits per heavy atom. The van der Waals surface area contributed by atoms with Crippen molar-refractivity contribution in [3.8, 4) is 0 Å². The van der Waals surface area contributed by atoms with E-state index in [1.807, 2.05) is 0 Å². The summed E-state index contributed by atoms with van der Waals surface area (Å²) in [4.78, 5) is 67.0. The van der Waals surface area contributed by atoms with Gasteiger partial charge in [0.2, 0.25) is 17.7 Å². The lowest BCUT2D eigenvalue weighted by Crippen LogP contribution is -2.57. The minimum Gasteiger partial charge on any atom is -0.465 e. The zero-order chi connectivity index (χ0) is 32.8. The number of rotatable bonds is 10. The summed E-state index contributed by atoms with van der Waals surface area (Å²) in [6, 6.07) is 4.08. The van der Waals surface area contributed by atoms with Gasteiger partial charge in [0.05, 0.1) is 0 Å². The van der Waals surface area contributed by atoms with Gasteiger partial charge in [-0.3, -0.25) is 24.1 Å². The number of hydrogen-bond acceptors (Lipinski definition) is 7. The number of amides is 5. The van der Waals surface area contributed by atoms with Crippen LogP contribution >= 0.6 is 0 Å². The number of anilines is 2. The fourth-order valence-electron chi connectivity index (χ4n) is 5.39. The van der Waals surface area contributed by atoms with E-state index >= 15 is 0 Å². The summed E-state index contributed by atoms with van der Waals surface area (Å²) in [5.74, 6) is -5.13. The summed E-state index contributed by atoms with van der Waals surface area (Å²) < 4.78 is 34.5. The van der Waals surface area contributed by atoms with Gasteiger partial charge in [0.25, 0.3) is 5.91 Å². The monoisotopic (exact) mass is 630 g/mol. The molecule has 2 aromatic carbocycles. The molecule has 2 aliphatic heterocycles. The number of carbonyl (C=O) groups is 5. The maximum Gasteiger partial charge on any atom is 0.407 e. The van der Waals surface area contributed by atoms with Crippen LogP contribution in [0.2, 0.25) is 0 Å². The van der Waals surface area contributed by atoms with Crippen LogP contribution in [0.4, 0.5) is 25.0 Å². The van der Waals surface area contributed by atoms with E-state index in [1.165, 1.54) is 24.9 Å². The minimum absolute atomic E-state index is 0.0418.